The molecule has 0 fully saturated rings. The molecule has 1 unspecified atom stereocenters. The molecule has 0 aliphatic heterocycles. The lowest BCUT2D eigenvalue weighted by Crippen LogP contribution is -2.17. The molecule has 1 aromatic heterocycles. The second-order valence-electron chi connectivity index (χ2n) is 3.92. The van der Waals surface area contributed by atoms with Gasteiger partial charge in [0.1, 0.15) is 0 Å². The summed E-state index contributed by atoms with van der Waals surface area (Å²) in [6, 6.07) is 7.61. The van der Waals surface area contributed by atoms with Crippen LogP contribution in [-0.4, -0.2) is 22.8 Å². The normalized spacial score (nSPS) is 12.7. The van der Waals surface area contributed by atoms with Gasteiger partial charge in [-0.05, 0) is 35.0 Å². The largest absolute Gasteiger partial charge is 0.467 e. The maximum Gasteiger partial charge on any atom is 0.340 e. The average Bonchev–Trinajstić information content (AvgIpc) is 2.76. The fourth-order valence-corrected chi connectivity index (χ4v) is 2.69. The van der Waals surface area contributed by atoms with Gasteiger partial charge >= 0.3 is 5.97 Å². The summed E-state index contributed by atoms with van der Waals surface area (Å²) in [5.41, 5.74) is 1.52. The summed E-state index contributed by atoms with van der Waals surface area (Å²) in [5, 5.41) is 11.0. The Labute approximate surface area is 113 Å². The summed E-state index contributed by atoms with van der Waals surface area (Å²) in [4.78, 5) is 11.4. The molecule has 0 aliphatic rings. The lowest BCUT2D eigenvalue weighted by molar-refractivity contribution is -0.151. The molecule has 1 aromatic carbocycles. The van der Waals surface area contributed by atoms with E-state index in [0.717, 1.165) is 15.4 Å². The highest BCUT2D eigenvalue weighted by Crippen LogP contribution is 2.30. The minimum Gasteiger partial charge on any atom is -0.467 e. The van der Waals surface area contributed by atoms with Gasteiger partial charge < -0.3 is 14.4 Å². The molecule has 96 valence electrons. The van der Waals surface area contributed by atoms with E-state index in [1.54, 1.807) is 0 Å². The fourth-order valence-electron chi connectivity index (χ4n) is 2.10. The first-order chi connectivity index (χ1) is 8.60. The van der Waals surface area contributed by atoms with Crippen molar-refractivity contribution in [1.29, 1.82) is 0 Å². The number of aliphatic hydroxyl groups is 1. The van der Waals surface area contributed by atoms with Crippen LogP contribution in [0.1, 0.15) is 18.7 Å². The van der Waals surface area contributed by atoms with Crippen molar-refractivity contribution in [1.82, 2.24) is 4.57 Å². The molecule has 1 heterocycles. The van der Waals surface area contributed by atoms with Crippen LogP contribution in [0.2, 0.25) is 0 Å². The Balaban J connectivity index is 2.65. The molecule has 0 amide bonds. The number of aliphatic hydroxyl groups excluding tert-OH is 1. The topological polar surface area (TPSA) is 51.5 Å². The molecule has 0 saturated heterocycles. The van der Waals surface area contributed by atoms with Crippen LogP contribution in [0.25, 0.3) is 10.9 Å². The zero-order valence-corrected chi connectivity index (χ0v) is 11.8. The molecule has 0 radical (unpaired) electrons. The Morgan fingerprint density at radius 3 is 2.89 bits per heavy atom. The third-order valence-corrected chi connectivity index (χ3v) is 3.56. The number of hydrogen-bond donors (Lipinski definition) is 1. The van der Waals surface area contributed by atoms with Gasteiger partial charge in [-0.3, -0.25) is 0 Å². The van der Waals surface area contributed by atoms with Gasteiger partial charge in [0.2, 0.25) is 0 Å². The molecule has 4 nitrogen and oxygen atoms in total. The van der Waals surface area contributed by atoms with Crippen molar-refractivity contribution >= 4 is 32.8 Å². The number of methoxy groups -OCH3 is 1. The van der Waals surface area contributed by atoms with Gasteiger partial charge in [0.25, 0.3) is 0 Å². The van der Waals surface area contributed by atoms with Crippen molar-refractivity contribution in [2.45, 2.75) is 19.6 Å². The van der Waals surface area contributed by atoms with E-state index in [9.17, 15) is 9.90 Å². The van der Waals surface area contributed by atoms with Gasteiger partial charge in [0.05, 0.1) is 18.3 Å². The molecule has 0 aliphatic carbocycles. The first-order valence-corrected chi connectivity index (χ1v) is 6.43. The summed E-state index contributed by atoms with van der Waals surface area (Å²) in [7, 11) is 1.26. The highest BCUT2D eigenvalue weighted by molar-refractivity contribution is 9.10. The van der Waals surface area contributed by atoms with Gasteiger partial charge in [0, 0.05) is 16.4 Å². The smallest absolute Gasteiger partial charge is 0.340 e. The van der Waals surface area contributed by atoms with Crippen LogP contribution in [0.5, 0.6) is 0 Å². The first-order valence-electron chi connectivity index (χ1n) is 5.63. The molecule has 18 heavy (non-hydrogen) atoms. The molecule has 1 atom stereocenters. The second kappa shape index (κ2) is 5.12. The van der Waals surface area contributed by atoms with Crippen molar-refractivity contribution in [3.63, 3.8) is 0 Å². The Morgan fingerprint density at radius 2 is 2.28 bits per heavy atom. The number of aromatic nitrogens is 1. The lowest BCUT2D eigenvalue weighted by atomic mass is 10.2. The number of para-hydroxylation sites is 1. The van der Waals surface area contributed by atoms with Crippen LogP contribution in [-0.2, 0) is 16.1 Å². The average molecular weight is 312 g/mol. The molecule has 2 rings (SSSR count). The summed E-state index contributed by atoms with van der Waals surface area (Å²) in [6.07, 6.45) is -1.26. The van der Waals surface area contributed by atoms with E-state index in [1.807, 2.05) is 35.8 Å². The number of fused-ring (bicyclic) bond motifs is 1. The van der Waals surface area contributed by atoms with Gasteiger partial charge in [0.15, 0.2) is 6.10 Å². The van der Waals surface area contributed by atoms with E-state index in [1.165, 1.54) is 7.11 Å². The lowest BCUT2D eigenvalue weighted by Gasteiger charge is -2.12. The van der Waals surface area contributed by atoms with Crippen LogP contribution < -0.4 is 0 Å². The fraction of sp³-hybridized carbons (Fsp3) is 0.308. The van der Waals surface area contributed by atoms with E-state index in [-0.39, 0.29) is 0 Å². The third-order valence-electron chi connectivity index (χ3n) is 2.92. The molecular formula is C13H14BrNO3. The molecule has 1 N–H and O–H groups in total. The second-order valence-corrected chi connectivity index (χ2v) is 4.77. The Morgan fingerprint density at radius 1 is 1.56 bits per heavy atom. The van der Waals surface area contributed by atoms with Crippen molar-refractivity contribution in [3.05, 3.63) is 34.4 Å². The highest BCUT2D eigenvalue weighted by Gasteiger charge is 2.23. The first kappa shape index (κ1) is 13.1. The monoisotopic (exact) mass is 311 g/mol. The number of hydrogen-bond acceptors (Lipinski definition) is 3. The zero-order valence-electron chi connectivity index (χ0n) is 10.2. The van der Waals surface area contributed by atoms with Crippen LogP contribution in [0, 0.1) is 0 Å². The number of ether oxygens (including phenoxy) is 1. The van der Waals surface area contributed by atoms with Crippen molar-refractivity contribution in [2.75, 3.05) is 7.11 Å². The quantitative estimate of drug-likeness (QED) is 0.887. The zero-order chi connectivity index (χ0) is 13.3. The maximum absolute atomic E-state index is 11.4. The number of esters is 1. The summed E-state index contributed by atoms with van der Waals surface area (Å²) in [5.74, 6) is -0.649. The van der Waals surface area contributed by atoms with Gasteiger partial charge in [-0.15, -0.1) is 0 Å². The van der Waals surface area contributed by atoms with Crippen molar-refractivity contribution in [3.8, 4) is 0 Å². The van der Waals surface area contributed by atoms with Crippen molar-refractivity contribution in [2.24, 2.45) is 0 Å². The van der Waals surface area contributed by atoms with Crippen LogP contribution in [0.3, 0.4) is 0 Å². The number of carbonyl (C=O) groups excluding carboxylic acids is 1. The van der Waals surface area contributed by atoms with Gasteiger partial charge in [-0.25, -0.2) is 4.79 Å². The highest BCUT2D eigenvalue weighted by atomic mass is 79.9. The SMILES string of the molecule is CCn1c(C(O)C(=O)OC)cc2cccc(Br)c21. The minimum atomic E-state index is -1.26. The van der Waals surface area contributed by atoms with E-state index in [4.69, 9.17) is 0 Å². The number of halogens is 1. The Kier molecular flexibility index (Phi) is 3.73. The minimum absolute atomic E-state index is 0.547. The van der Waals surface area contributed by atoms with Crippen LogP contribution in [0.4, 0.5) is 0 Å². The number of nitrogens with zero attached hydrogens (tertiary/aromatic N) is 1. The van der Waals surface area contributed by atoms with Crippen molar-refractivity contribution < 1.29 is 14.6 Å². The Hall–Kier alpha value is -1.33. The van der Waals surface area contributed by atoms with Gasteiger partial charge in [-0.1, -0.05) is 12.1 Å². The number of aryl methyl sites for hydroxylation is 1. The maximum atomic E-state index is 11.4. The molecule has 5 heteroatoms. The Bertz CT molecular complexity index is 591. The van der Waals surface area contributed by atoms with Crippen LogP contribution in [0.15, 0.2) is 28.7 Å². The molecular weight excluding hydrogens is 298 g/mol. The predicted molar refractivity (Wildman–Crippen MR) is 72.3 cm³/mol. The van der Waals surface area contributed by atoms with E-state index < -0.39 is 12.1 Å². The van der Waals surface area contributed by atoms with E-state index in [2.05, 4.69) is 20.7 Å². The van der Waals surface area contributed by atoms with E-state index >= 15 is 0 Å². The number of carbonyl (C=O) groups is 1. The molecule has 0 saturated carbocycles. The summed E-state index contributed by atoms with van der Waals surface area (Å²) in [6.45, 7) is 2.63. The standard InChI is InChI=1S/C13H14BrNO3/c1-3-15-10(12(16)13(17)18-2)7-8-5-4-6-9(14)11(8)15/h4-7,12,16H,3H2,1-2H3. The number of benzene rings is 1. The number of rotatable bonds is 3. The predicted octanol–water partition coefficient (Wildman–Crippen LogP) is 2.63. The van der Waals surface area contributed by atoms with Gasteiger partial charge in [-0.2, -0.15) is 0 Å². The molecule has 0 spiro atoms. The van der Waals surface area contributed by atoms with E-state index in [0.29, 0.717) is 12.2 Å². The third kappa shape index (κ3) is 2.04. The molecule has 0 bridgehead atoms. The molecule has 2 aromatic rings. The summed E-state index contributed by atoms with van der Waals surface area (Å²) >= 11 is 3.49. The summed E-state index contributed by atoms with van der Waals surface area (Å²) < 4.78 is 7.42. The van der Waals surface area contributed by atoms with Crippen LogP contribution >= 0.6 is 15.9 Å².